The van der Waals surface area contributed by atoms with Crippen LogP contribution in [0.25, 0.3) is 0 Å². The molecule has 1 N–H and O–H groups in total. The number of hydrogen-bond donors (Lipinski definition) is 1. The molecule has 0 bridgehead atoms. The third-order valence-corrected chi connectivity index (χ3v) is 1.70. The van der Waals surface area contributed by atoms with Gasteiger partial charge in [0.05, 0.1) is 5.60 Å². The molecule has 0 unspecified atom stereocenters. The van der Waals surface area contributed by atoms with E-state index in [1.54, 1.807) is 0 Å². The van der Waals surface area contributed by atoms with Crippen LogP contribution in [0.1, 0.15) is 26.7 Å². The van der Waals surface area contributed by atoms with E-state index in [0.717, 1.165) is 18.4 Å². The summed E-state index contributed by atoms with van der Waals surface area (Å²) in [5, 5.41) is 9.52. The predicted octanol–water partition coefficient (Wildman–Crippen LogP) is 2.03. The second-order valence-corrected chi connectivity index (χ2v) is 3.20. The van der Waals surface area contributed by atoms with Crippen LogP contribution in [0, 0.1) is 0 Å². The molecule has 10 heavy (non-hydrogen) atoms. The first-order chi connectivity index (χ1) is 4.61. The van der Waals surface area contributed by atoms with E-state index in [9.17, 15) is 5.11 Å². The molecule has 0 heterocycles. The molecule has 1 aliphatic rings. The van der Waals surface area contributed by atoms with Crippen LogP contribution in [0.3, 0.4) is 0 Å². The minimum atomic E-state index is -0.656. The highest BCUT2D eigenvalue weighted by atomic mass is 16.3. The van der Waals surface area contributed by atoms with Crippen LogP contribution >= 0.6 is 0 Å². The Morgan fingerprint density at radius 1 is 1.40 bits per heavy atom. The third kappa shape index (κ3) is 1.71. The average Bonchev–Trinajstić information content (AvgIpc) is 1.88. The van der Waals surface area contributed by atoms with Gasteiger partial charge in [-0.25, -0.2) is 0 Å². The van der Waals surface area contributed by atoms with E-state index in [1.165, 1.54) is 0 Å². The summed E-state index contributed by atoms with van der Waals surface area (Å²) in [6.45, 7) is 3.63. The summed E-state index contributed by atoms with van der Waals surface area (Å²) < 4.78 is 0. The lowest BCUT2D eigenvalue weighted by molar-refractivity contribution is 0.123. The highest BCUT2D eigenvalue weighted by Crippen LogP contribution is 2.21. The first-order valence-corrected chi connectivity index (χ1v) is 3.70. The van der Waals surface area contributed by atoms with Crippen molar-refractivity contribution in [1.29, 1.82) is 0 Å². The van der Waals surface area contributed by atoms with Gasteiger partial charge in [0, 0.05) is 0 Å². The molecule has 1 heteroatoms. The molecule has 0 aromatic rings. The van der Waals surface area contributed by atoms with Gasteiger partial charge < -0.3 is 5.11 Å². The zero-order valence-electron chi connectivity index (χ0n) is 6.59. The van der Waals surface area contributed by atoms with Crippen molar-refractivity contribution in [1.82, 2.24) is 0 Å². The Morgan fingerprint density at radius 2 is 2.10 bits per heavy atom. The van der Waals surface area contributed by atoms with E-state index < -0.39 is 5.60 Å². The predicted molar refractivity (Wildman–Crippen MR) is 42.8 cm³/mol. The van der Waals surface area contributed by atoms with E-state index in [-0.39, 0.29) is 0 Å². The molecule has 56 valence electrons. The van der Waals surface area contributed by atoms with Crippen molar-refractivity contribution >= 4 is 0 Å². The van der Waals surface area contributed by atoms with Crippen molar-refractivity contribution in [3.63, 3.8) is 0 Å². The first-order valence-electron chi connectivity index (χ1n) is 3.70. The molecule has 0 spiro atoms. The molecule has 1 rings (SSSR count). The van der Waals surface area contributed by atoms with Crippen LogP contribution < -0.4 is 0 Å². The summed E-state index contributed by atoms with van der Waals surface area (Å²) in [5.74, 6) is 0. The highest BCUT2D eigenvalue weighted by molar-refractivity contribution is 5.29. The van der Waals surface area contributed by atoms with Gasteiger partial charge in [-0.2, -0.15) is 0 Å². The number of hydrogen-bond acceptors (Lipinski definition) is 1. The number of allylic oxidation sites excluding steroid dienone is 2. The Hall–Kier alpha value is -0.560. The van der Waals surface area contributed by atoms with Crippen LogP contribution in [0.2, 0.25) is 0 Å². The second-order valence-electron chi connectivity index (χ2n) is 3.20. The maximum absolute atomic E-state index is 9.52. The Kier molecular flexibility index (Phi) is 1.95. The number of rotatable bonds is 1. The smallest absolute Gasteiger partial charge is 0.0837 e. The van der Waals surface area contributed by atoms with E-state index >= 15 is 0 Å². The van der Waals surface area contributed by atoms with Crippen molar-refractivity contribution < 1.29 is 5.11 Å². The Bertz CT molecular complexity index is 170. The van der Waals surface area contributed by atoms with Crippen molar-refractivity contribution in [3.05, 3.63) is 23.8 Å². The summed E-state index contributed by atoms with van der Waals surface area (Å²) in [6, 6.07) is 0. The fourth-order valence-corrected chi connectivity index (χ4v) is 1.07. The molecular weight excluding hydrogens is 124 g/mol. The Labute approximate surface area is 62.1 Å². The van der Waals surface area contributed by atoms with Gasteiger partial charge in [-0.3, -0.25) is 0 Å². The minimum Gasteiger partial charge on any atom is -0.386 e. The third-order valence-electron chi connectivity index (χ3n) is 1.70. The van der Waals surface area contributed by atoms with Gasteiger partial charge in [0.2, 0.25) is 0 Å². The quantitative estimate of drug-likeness (QED) is 0.588. The lowest BCUT2D eigenvalue weighted by atomic mass is 9.93. The van der Waals surface area contributed by atoms with Crippen LogP contribution in [-0.2, 0) is 0 Å². The van der Waals surface area contributed by atoms with Gasteiger partial charge >= 0.3 is 0 Å². The molecule has 0 saturated carbocycles. The molecule has 1 aliphatic carbocycles. The van der Waals surface area contributed by atoms with E-state index in [2.05, 4.69) is 12.2 Å². The fraction of sp³-hybridized carbons (Fsp3) is 0.556. The van der Waals surface area contributed by atoms with E-state index in [1.807, 2.05) is 19.9 Å². The molecule has 0 fully saturated rings. The normalized spacial score (nSPS) is 18.9. The van der Waals surface area contributed by atoms with Gasteiger partial charge in [0.15, 0.2) is 0 Å². The first kappa shape index (κ1) is 7.55. The van der Waals surface area contributed by atoms with Crippen LogP contribution in [0.4, 0.5) is 0 Å². The summed E-state index contributed by atoms with van der Waals surface area (Å²) in [4.78, 5) is 0. The summed E-state index contributed by atoms with van der Waals surface area (Å²) in [7, 11) is 0. The number of aliphatic hydroxyl groups is 1. The molecule has 0 atom stereocenters. The molecule has 0 radical (unpaired) electrons. The van der Waals surface area contributed by atoms with Crippen molar-refractivity contribution in [3.8, 4) is 0 Å². The molecular formula is C9H14O. The molecule has 0 amide bonds. The molecule has 0 aromatic heterocycles. The Morgan fingerprint density at radius 3 is 2.40 bits per heavy atom. The molecule has 1 nitrogen and oxygen atoms in total. The van der Waals surface area contributed by atoms with Gasteiger partial charge in [-0.15, -0.1) is 0 Å². The SMILES string of the molecule is CC(C)(O)C1=CCCC=C1. The van der Waals surface area contributed by atoms with Crippen molar-refractivity contribution in [2.45, 2.75) is 32.3 Å². The van der Waals surface area contributed by atoms with E-state index in [4.69, 9.17) is 0 Å². The van der Waals surface area contributed by atoms with Gasteiger partial charge in [-0.05, 0) is 32.3 Å². The molecule has 0 saturated heterocycles. The maximum atomic E-state index is 9.52. The monoisotopic (exact) mass is 138 g/mol. The van der Waals surface area contributed by atoms with Crippen molar-refractivity contribution in [2.75, 3.05) is 0 Å². The summed E-state index contributed by atoms with van der Waals surface area (Å²) >= 11 is 0. The fourth-order valence-electron chi connectivity index (χ4n) is 1.07. The topological polar surface area (TPSA) is 20.2 Å². The summed E-state index contributed by atoms with van der Waals surface area (Å²) in [6.07, 6.45) is 8.38. The van der Waals surface area contributed by atoms with E-state index in [0.29, 0.717) is 0 Å². The lowest BCUT2D eigenvalue weighted by Crippen LogP contribution is -2.21. The maximum Gasteiger partial charge on any atom is 0.0837 e. The zero-order valence-corrected chi connectivity index (χ0v) is 6.59. The van der Waals surface area contributed by atoms with Crippen LogP contribution in [-0.4, -0.2) is 10.7 Å². The summed E-state index contributed by atoms with van der Waals surface area (Å²) in [5.41, 5.74) is 0.385. The zero-order chi connectivity index (χ0) is 7.61. The molecule has 0 aliphatic heterocycles. The van der Waals surface area contributed by atoms with Gasteiger partial charge in [0.1, 0.15) is 0 Å². The standard InChI is InChI=1S/C9H14O/c1-9(2,10)8-6-4-3-5-7-8/h4,6-7,10H,3,5H2,1-2H3. The lowest BCUT2D eigenvalue weighted by Gasteiger charge is -2.20. The average molecular weight is 138 g/mol. The largest absolute Gasteiger partial charge is 0.386 e. The molecule has 0 aromatic carbocycles. The highest BCUT2D eigenvalue weighted by Gasteiger charge is 2.16. The second kappa shape index (κ2) is 2.59. The van der Waals surface area contributed by atoms with Gasteiger partial charge in [-0.1, -0.05) is 18.2 Å². The van der Waals surface area contributed by atoms with Crippen LogP contribution in [0.15, 0.2) is 23.8 Å². The van der Waals surface area contributed by atoms with Gasteiger partial charge in [0.25, 0.3) is 0 Å². The Balaban J connectivity index is 2.73. The van der Waals surface area contributed by atoms with Crippen molar-refractivity contribution in [2.24, 2.45) is 0 Å². The minimum absolute atomic E-state index is 0.656. The van der Waals surface area contributed by atoms with Crippen LogP contribution in [0.5, 0.6) is 0 Å².